The van der Waals surface area contributed by atoms with Crippen molar-refractivity contribution in [2.24, 2.45) is 0 Å². The molecule has 0 heterocycles. The molecule has 0 unspecified atom stereocenters. The fraction of sp³-hybridized carbons (Fsp3) is 0.409. The smallest absolute Gasteiger partial charge is 0.303 e. The van der Waals surface area contributed by atoms with E-state index < -0.39 is 5.97 Å². The molecule has 1 N–H and O–H groups in total. The summed E-state index contributed by atoms with van der Waals surface area (Å²) in [6.45, 7) is 2.15. The summed E-state index contributed by atoms with van der Waals surface area (Å²) in [4.78, 5) is 10.3. The molecule has 0 atom stereocenters. The molecule has 2 heteroatoms. The molecule has 0 aromatic rings. The van der Waals surface area contributed by atoms with E-state index in [1.807, 2.05) is 12.2 Å². The summed E-state index contributed by atoms with van der Waals surface area (Å²) in [6, 6.07) is 0. The zero-order valence-electron chi connectivity index (χ0n) is 14.9. The summed E-state index contributed by atoms with van der Waals surface area (Å²) >= 11 is 0. The second-order valence-corrected chi connectivity index (χ2v) is 5.37. The number of carboxylic acids is 1. The van der Waals surface area contributed by atoms with Crippen molar-refractivity contribution in [1.29, 1.82) is 0 Å². The first-order valence-electron chi connectivity index (χ1n) is 8.90. The van der Waals surface area contributed by atoms with Crippen LogP contribution in [0.5, 0.6) is 0 Å². The van der Waals surface area contributed by atoms with Gasteiger partial charge in [-0.3, -0.25) is 4.79 Å². The van der Waals surface area contributed by atoms with E-state index in [1.165, 1.54) is 0 Å². The second-order valence-electron chi connectivity index (χ2n) is 5.37. The zero-order chi connectivity index (χ0) is 17.7. The summed E-state index contributed by atoms with van der Waals surface area (Å²) in [7, 11) is 0. The Morgan fingerprint density at radius 1 is 0.667 bits per heavy atom. The maximum absolute atomic E-state index is 10.3. The van der Waals surface area contributed by atoms with E-state index in [0.717, 1.165) is 38.5 Å². The van der Waals surface area contributed by atoms with Gasteiger partial charge < -0.3 is 5.11 Å². The van der Waals surface area contributed by atoms with Crippen LogP contribution >= 0.6 is 0 Å². The summed E-state index contributed by atoms with van der Waals surface area (Å²) in [5.41, 5.74) is 0. The molecular weight excluding hydrogens is 296 g/mol. The van der Waals surface area contributed by atoms with Crippen LogP contribution in [0.4, 0.5) is 0 Å². The normalized spacial score (nSPS) is 13.0. The molecule has 0 bridgehead atoms. The van der Waals surface area contributed by atoms with Gasteiger partial charge in [-0.25, -0.2) is 0 Å². The minimum Gasteiger partial charge on any atom is -0.481 e. The monoisotopic (exact) mass is 328 g/mol. The summed E-state index contributed by atoms with van der Waals surface area (Å²) in [5.74, 6) is -0.737. The molecule has 0 aromatic heterocycles. The lowest BCUT2D eigenvalue weighted by molar-refractivity contribution is -0.136. The molecule has 0 aromatic carbocycles. The third kappa shape index (κ3) is 19.9. The van der Waals surface area contributed by atoms with Gasteiger partial charge in [0.2, 0.25) is 0 Å². The maximum Gasteiger partial charge on any atom is 0.303 e. The first-order chi connectivity index (χ1) is 11.8. The molecule has 0 saturated heterocycles. The van der Waals surface area contributed by atoms with Gasteiger partial charge in [-0.1, -0.05) is 79.8 Å². The fourth-order valence-corrected chi connectivity index (χ4v) is 1.85. The van der Waals surface area contributed by atoms with Crippen molar-refractivity contribution in [3.05, 3.63) is 72.9 Å². The lowest BCUT2D eigenvalue weighted by atomic mass is 10.2. The average molecular weight is 328 g/mol. The zero-order valence-corrected chi connectivity index (χ0v) is 14.9. The Bertz CT molecular complexity index is 462. The molecule has 0 saturated carbocycles. The predicted molar refractivity (Wildman–Crippen MR) is 105 cm³/mol. The quantitative estimate of drug-likeness (QED) is 0.223. The van der Waals surface area contributed by atoms with Crippen molar-refractivity contribution in [2.75, 3.05) is 0 Å². The van der Waals surface area contributed by atoms with E-state index in [-0.39, 0.29) is 6.42 Å². The molecule has 0 amide bonds. The van der Waals surface area contributed by atoms with Gasteiger partial charge in [0, 0.05) is 6.42 Å². The molecule has 2 nitrogen and oxygen atoms in total. The minimum atomic E-state index is -0.737. The average Bonchev–Trinajstić information content (AvgIpc) is 2.56. The standard InChI is InChI=1S/C22H32O2/c1-2-3-4-5-6-7-8-9-10-11-12-13-14-15-16-17-18-19-20-21-22(23)24/h3-4,6-7,9-10,12-15,18-19H,2,5,8,11,16-17,20-21H2,1H3,(H,23,24)/b4-3-,7-6-,10-9-,13-12-,15-14+,19-18-. The first kappa shape index (κ1) is 21.9. The molecule has 0 aliphatic carbocycles. The van der Waals surface area contributed by atoms with E-state index in [0.29, 0.717) is 6.42 Å². The topological polar surface area (TPSA) is 37.3 Å². The highest BCUT2D eigenvalue weighted by molar-refractivity contribution is 5.66. The third-order valence-corrected chi connectivity index (χ3v) is 3.13. The number of rotatable bonds is 14. The molecule has 24 heavy (non-hydrogen) atoms. The van der Waals surface area contributed by atoms with Gasteiger partial charge >= 0.3 is 5.97 Å². The van der Waals surface area contributed by atoms with Crippen molar-refractivity contribution in [3.63, 3.8) is 0 Å². The number of carboxylic acid groups (broad SMARTS) is 1. The first-order valence-corrected chi connectivity index (χ1v) is 8.90. The second kappa shape index (κ2) is 19.0. The summed E-state index contributed by atoms with van der Waals surface area (Å²) < 4.78 is 0. The molecular formula is C22H32O2. The van der Waals surface area contributed by atoms with Gasteiger partial charge in [0.15, 0.2) is 0 Å². The Kier molecular flexibility index (Phi) is 17.3. The Hall–Kier alpha value is -2.09. The molecule has 0 fully saturated rings. The largest absolute Gasteiger partial charge is 0.481 e. The highest BCUT2D eigenvalue weighted by Gasteiger charge is 1.90. The van der Waals surface area contributed by atoms with Crippen LogP contribution in [-0.2, 0) is 4.79 Å². The van der Waals surface area contributed by atoms with E-state index >= 15 is 0 Å². The lowest BCUT2D eigenvalue weighted by Gasteiger charge is -1.88. The SMILES string of the molecule is CC/C=C\C/C=C\C/C=C\C/C=C\C=C\CC/C=C\CCC(=O)O. The molecule has 132 valence electrons. The highest BCUT2D eigenvalue weighted by Crippen LogP contribution is 1.98. The fourth-order valence-electron chi connectivity index (χ4n) is 1.85. The van der Waals surface area contributed by atoms with Crippen LogP contribution in [0.3, 0.4) is 0 Å². The van der Waals surface area contributed by atoms with Crippen molar-refractivity contribution in [3.8, 4) is 0 Å². The van der Waals surface area contributed by atoms with E-state index in [1.54, 1.807) is 0 Å². The summed E-state index contributed by atoms with van der Waals surface area (Å²) in [6.07, 6.45) is 32.4. The Morgan fingerprint density at radius 3 is 1.79 bits per heavy atom. The van der Waals surface area contributed by atoms with Gasteiger partial charge in [-0.2, -0.15) is 0 Å². The van der Waals surface area contributed by atoms with Crippen LogP contribution in [0.2, 0.25) is 0 Å². The maximum atomic E-state index is 10.3. The number of allylic oxidation sites excluding steroid dienone is 12. The molecule has 0 rings (SSSR count). The van der Waals surface area contributed by atoms with Crippen LogP contribution in [0.25, 0.3) is 0 Å². The molecule has 0 spiro atoms. The molecule has 0 aliphatic rings. The van der Waals surface area contributed by atoms with E-state index in [4.69, 9.17) is 5.11 Å². The Morgan fingerprint density at radius 2 is 1.17 bits per heavy atom. The number of carbonyl (C=O) groups is 1. The van der Waals surface area contributed by atoms with Crippen LogP contribution in [0.1, 0.15) is 58.3 Å². The number of hydrogen-bond donors (Lipinski definition) is 1. The van der Waals surface area contributed by atoms with Gasteiger partial charge in [-0.05, 0) is 44.9 Å². The van der Waals surface area contributed by atoms with Crippen LogP contribution in [0, 0.1) is 0 Å². The van der Waals surface area contributed by atoms with Gasteiger partial charge in [0.25, 0.3) is 0 Å². The van der Waals surface area contributed by atoms with E-state index in [9.17, 15) is 4.79 Å². The van der Waals surface area contributed by atoms with Gasteiger partial charge in [0.1, 0.15) is 0 Å². The molecule has 0 radical (unpaired) electrons. The number of hydrogen-bond acceptors (Lipinski definition) is 1. The van der Waals surface area contributed by atoms with Crippen molar-refractivity contribution in [2.45, 2.75) is 58.3 Å². The lowest BCUT2D eigenvalue weighted by Crippen LogP contribution is -1.91. The Balaban J connectivity index is 3.52. The molecule has 0 aliphatic heterocycles. The van der Waals surface area contributed by atoms with Crippen molar-refractivity contribution < 1.29 is 9.90 Å². The third-order valence-electron chi connectivity index (χ3n) is 3.13. The number of aliphatic carboxylic acids is 1. The van der Waals surface area contributed by atoms with Crippen molar-refractivity contribution >= 4 is 5.97 Å². The van der Waals surface area contributed by atoms with Crippen LogP contribution in [-0.4, -0.2) is 11.1 Å². The van der Waals surface area contributed by atoms with Gasteiger partial charge in [0.05, 0.1) is 0 Å². The number of unbranched alkanes of at least 4 members (excludes halogenated alkanes) is 1. The minimum absolute atomic E-state index is 0.217. The van der Waals surface area contributed by atoms with E-state index in [2.05, 4.69) is 67.7 Å². The predicted octanol–water partition coefficient (Wildman–Crippen LogP) is 6.55. The Labute approximate surface area is 147 Å². The van der Waals surface area contributed by atoms with Crippen molar-refractivity contribution in [1.82, 2.24) is 0 Å². The van der Waals surface area contributed by atoms with Gasteiger partial charge in [-0.15, -0.1) is 0 Å². The summed E-state index contributed by atoms with van der Waals surface area (Å²) in [5, 5.41) is 8.49. The van der Waals surface area contributed by atoms with Crippen LogP contribution in [0.15, 0.2) is 72.9 Å². The van der Waals surface area contributed by atoms with Crippen LogP contribution < -0.4 is 0 Å². The highest BCUT2D eigenvalue weighted by atomic mass is 16.4.